The molecule has 3 rings (SSSR count). The van der Waals surface area contributed by atoms with Gasteiger partial charge in [0.05, 0.1) is 6.04 Å². The topological polar surface area (TPSA) is 38.0 Å². The highest BCUT2D eigenvalue weighted by atomic mass is 32.1. The first-order chi connectivity index (χ1) is 9.33. The van der Waals surface area contributed by atoms with E-state index >= 15 is 0 Å². The van der Waals surface area contributed by atoms with Crippen molar-refractivity contribution in [3.8, 4) is 0 Å². The second kappa shape index (κ2) is 5.43. The molecule has 0 aliphatic rings. The van der Waals surface area contributed by atoms with E-state index in [9.17, 15) is 0 Å². The first-order valence-corrected chi connectivity index (χ1v) is 8.04. The summed E-state index contributed by atoms with van der Waals surface area (Å²) in [5, 5.41) is 3.42. The van der Waals surface area contributed by atoms with Gasteiger partial charge in [-0.2, -0.15) is 0 Å². The Morgan fingerprint density at radius 1 is 1.21 bits per heavy atom. The summed E-state index contributed by atoms with van der Waals surface area (Å²) >= 11 is 3.61. The van der Waals surface area contributed by atoms with E-state index in [1.165, 1.54) is 25.4 Å². The van der Waals surface area contributed by atoms with Crippen molar-refractivity contribution in [2.75, 3.05) is 0 Å². The van der Waals surface area contributed by atoms with Crippen LogP contribution in [0.4, 0.5) is 0 Å². The van der Waals surface area contributed by atoms with Crippen LogP contribution < -0.4 is 11.3 Å². The maximum absolute atomic E-state index is 5.81. The number of hydrogen-bond acceptors (Lipinski definition) is 4. The van der Waals surface area contributed by atoms with Crippen molar-refractivity contribution in [3.05, 3.63) is 57.1 Å². The van der Waals surface area contributed by atoms with Crippen molar-refractivity contribution in [3.63, 3.8) is 0 Å². The molecule has 1 aromatic carbocycles. The molecule has 0 fully saturated rings. The van der Waals surface area contributed by atoms with E-state index < -0.39 is 0 Å². The van der Waals surface area contributed by atoms with Gasteiger partial charge in [-0.05, 0) is 40.9 Å². The van der Waals surface area contributed by atoms with Crippen LogP contribution in [0.5, 0.6) is 0 Å². The monoisotopic (exact) mass is 288 g/mol. The van der Waals surface area contributed by atoms with Gasteiger partial charge in [-0.1, -0.05) is 25.1 Å². The molecule has 2 aromatic heterocycles. The van der Waals surface area contributed by atoms with Crippen molar-refractivity contribution in [1.29, 1.82) is 0 Å². The van der Waals surface area contributed by atoms with Crippen molar-refractivity contribution < 1.29 is 0 Å². The Kier molecular flexibility index (Phi) is 3.66. The van der Waals surface area contributed by atoms with Crippen LogP contribution >= 0.6 is 22.7 Å². The van der Waals surface area contributed by atoms with Gasteiger partial charge in [-0.25, -0.2) is 5.43 Å². The second-order valence-corrected chi connectivity index (χ2v) is 6.56. The van der Waals surface area contributed by atoms with Crippen LogP contribution in [0.25, 0.3) is 10.1 Å². The predicted octanol–water partition coefficient (Wildman–Crippen LogP) is 4.08. The molecule has 0 saturated heterocycles. The number of rotatable bonds is 4. The highest BCUT2D eigenvalue weighted by molar-refractivity contribution is 7.17. The molecular formula is C15H16N2S2. The number of hydrazine groups is 1. The van der Waals surface area contributed by atoms with Crippen molar-refractivity contribution in [1.82, 2.24) is 5.43 Å². The first-order valence-electron chi connectivity index (χ1n) is 6.34. The fourth-order valence-electron chi connectivity index (χ4n) is 2.31. The smallest absolute Gasteiger partial charge is 0.0816 e. The lowest BCUT2D eigenvalue weighted by atomic mass is 10.0. The Morgan fingerprint density at radius 2 is 2.11 bits per heavy atom. The Bertz CT molecular complexity index is 684. The highest BCUT2D eigenvalue weighted by Gasteiger charge is 2.17. The normalized spacial score (nSPS) is 12.9. The lowest BCUT2D eigenvalue weighted by Gasteiger charge is -2.15. The number of thiophene rings is 2. The summed E-state index contributed by atoms with van der Waals surface area (Å²) in [6.07, 6.45) is 1.07. The number of hydrogen-bond donors (Lipinski definition) is 2. The third-order valence-corrected chi connectivity index (χ3v) is 5.58. The molecule has 2 nitrogen and oxygen atoms in total. The molecule has 3 N–H and O–H groups in total. The largest absolute Gasteiger partial charge is 0.271 e. The van der Waals surface area contributed by atoms with Crippen LogP contribution in [-0.2, 0) is 6.42 Å². The van der Waals surface area contributed by atoms with Gasteiger partial charge in [-0.15, -0.1) is 22.7 Å². The molecule has 0 aliphatic heterocycles. The average Bonchev–Trinajstić information content (AvgIpc) is 3.08. The molecule has 1 atom stereocenters. The summed E-state index contributed by atoms with van der Waals surface area (Å²) in [4.78, 5) is 2.67. The van der Waals surface area contributed by atoms with Gasteiger partial charge < -0.3 is 0 Å². The Balaban J connectivity index is 2.09. The van der Waals surface area contributed by atoms with E-state index in [1.807, 2.05) is 11.3 Å². The summed E-state index contributed by atoms with van der Waals surface area (Å²) in [7, 11) is 0. The van der Waals surface area contributed by atoms with Crippen molar-refractivity contribution >= 4 is 32.8 Å². The minimum absolute atomic E-state index is 0.0765. The van der Waals surface area contributed by atoms with Crippen LogP contribution in [0.15, 0.2) is 41.8 Å². The first kappa shape index (κ1) is 12.8. The number of nitrogens with two attached hydrogens (primary N) is 1. The zero-order valence-electron chi connectivity index (χ0n) is 10.7. The molecule has 2 heterocycles. The predicted molar refractivity (Wildman–Crippen MR) is 84.7 cm³/mol. The fraction of sp³-hybridized carbons (Fsp3) is 0.200. The maximum Gasteiger partial charge on any atom is 0.0816 e. The summed E-state index contributed by atoms with van der Waals surface area (Å²) in [6.45, 7) is 2.18. The number of benzene rings is 1. The zero-order valence-corrected chi connectivity index (χ0v) is 12.4. The van der Waals surface area contributed by atoms with E-state index in [1.54, 1.807) is 11.3 Å². The summed E-state index contributed by atoms with van der Waals surface area (Å²) in [6, 6.07) is 13.0. The Morgan fingerprint density at radius 3 is 2.84 bits per heavy atom. The van der Waals surface area contributed by atoms with Crippen molar-refractivity contribution in [2.24, 2.45) is 5.84 Å². The molecule has 98 valence electrons. The minimum Gasteiger partial charge on any atom is -0.271 e. The standard InChI is InChI=1S/C15H16N2S2/c1-2-11-6-7-13(19-11)14(17-16)12-5-3-4-10-8-9-18-15(10)12/h3-9,14,17H,2,16H2,1H3. The highest BCUT2D eigenvalue weighted by Crippen LogP contribution is 2.34. The summed E-state index contributed by atoms with van der Waals surface area (Å²) in [5.74, 6) is 5.81. The van der Waals surface area contributed by atoms with E-state index in [2.05, 4.69) is 54.1 Å². The van der Waals surface area contributed by atoms with Gasteiger partial charge in [-0.3, -0.25) is 5.84 Å². The van der Waals surface area contributed by atoms with Crippen LogP contribution in [-0.4, -0.2) is 0 Å². The van der Waals surface area contributed by atoms with Crippen LogP contribution in [0.1, 0.15) is 28.3 Å². The second-order valence-electron chi connectivity index (χ2n) is 4.44. The van der Waals surface area contributed by atoms with E-state index in [0.717, 1.165) is 6.42 Å². The Labute approximate surface area is 120 Å². The number of fused-ring (bicyclic) bond motifs is 1. The van der Waals surface area contributed by atoms with Crippen molar-refractivity contribution in [2.45, 2.75) is 19.4 Å². The molecule has 0 aliphatic carbocycles. The van der Waals surface area contributed by atoms with E-state index in [-0.39, 0.29) is 6.04 Å². The molecule has 4 heteroatoms. The quantitative estimate of drug-likeness (QED) is 0.561. The van der Waals surface area contributed by atoms with Gasteiger partial charge in [0, 0.05) is 14.5 Å². The minimum atomic E-state index is 0.0765. The molecule has 3 aromatic rings. The SMILES string of the molecule is CCc1ccc(C(NN)c2cccc3ccsc23)s1. The third-order valence-electron chi connectivity index (χ3n) is 3.30. The van der Waals surface area contributed by atoms with E-state index in [0.29, 0.717) is 0 Å². The molecule has 0 saturated carbocycles. The molecule has 0 radical (unpaired) electrons. The maximum atomic E-state index is 5.81. The molecule has 1 unspecified atom stereocenters. The summed E-state index contributed by atoms with van der Waals surface area (Å²) in [5.41, 5.74) is 4.23. The van der Waals surface area contributed by atoms with Crippen LogP contribution in [0.2, 0.25) is 0 Å². The van der Waals surface area contributed by atoms with Crippen LogP contribution in [0.3, 0.4) is 0 Å². The number of nitrogens with one attached hydrogen (secondary N) is 1. The third kappa shape index (κ3) is 2.32. The van der Waals surface area contributed by atoms with Gasteiger partial charge in [0.15, 0.2) is 0 Å². The van der Waals surface area contributed by atoms with Gasteiger partial charge >= 0.3 is 0 Å². The van der Waals surface area contributed by atoms with Crippen LogP contribution in [0, 0.1) is 0 Å². The lowest BCUT2D eigenvalue weighted by molar-refractivity contribution is 0.651. The molecule has 19 heavy (non-hydrogen) atoms. The van der Waals surface area contributed by atoms with Gasteiger partial charge in [0.1, 0.15) is 0 Å². The van der Waals surface area contributed by atoms with Gasteiger partial charge in [0.25, 0.3) is 0 Å². The Hall–Kier alpha value is -1.20. The lowest BCUT2D eigenvalue weighted by Crippen LogP contribution is -2.28. The van der Waals surface area contributed by atoms with E-state index in [4.69, 9.17) is 5.84 Å². The number of aryl methyl sites for hydroxylation is 1. The molecule has 0 spiro atoms. The average molecular weight is 288 g/mol. The van der Waals surface area contributed by atoms with Gasteiger partial charge in [0.2, 0.25) is 0 Å². The summed E-state index contributed by atoms with van der Waals surface area (Å²) < 4.78 is 1.32. The zero-order chi connectivity index (χ0) is 13.2. The molecular weight excluding hydrogens is 272 g/mol. The molecule has 0 bridgehead atoms. The fourth-order valence-corrected chi connectivity index (χ4v) is 4.29. The molecule has 0 amide bonds.